The Balaban J connectivity index is 1.95. The highest BCUT2D eigenvalue weighted by atomic mass is 35.5. The van der Waals surface area contributed by atoms with Crippen molar-refractivity contribution < 1.29 is 4.79 Å². The van der Waals surface area contributed by atoms with Crippen LogP contribution >= 0.6 is 11.6 Å². The van der Waals surface area contributed by atoms with Gasteiger partial charge in [-0.25, -0.2) is 4.99 Å². The number of rotatable bonds is 2. The van der Waals surface area contributed by atoms with Crippen LogP contribution in [0.2, 0.25) is 5.02 Å². The smallest absolute Gasteiger partial charge is 0.275 e. The van der Waals surface area contributed by atoms with Gasteiger partial charge in [0.1, 0.15) is 11.5 Å². The molecule has 0 saturated heterocycles. The second-order valence-corrected chi connectivity index (χ2v) is 5.31. The van der Waals surface area contributed by atoms with E-state index in [4.69, 9.17) is 11.6 Å². The van der Waals surface area contributed by atoms with Gasteiger partial charge in [0.15, 0.2) is 0 Å². The summed E-state index contributed by atoms with van der Waals surface area (Å²) in [6.45, 7) is 2.00. The van der Waals surface area contributed by atoms with Crippen molar-refractivity contribution in [2.75, 3.05) is 0 Å². The molecule has 1 aliphatic rings. The van der Waals surface area contributed by atoms with Gasteiger partial charge in [-0.15, -0.1) is 0 Å². The molecule has 0 bridgehead atoms. The maximum absolute atomic E-state index is 12.0. The predicted molar refractivity (Wildman–Crippen MR) is 85.3 cm³/mol. The van der Waals surface area contributed by atoms with Crippen molar-refractivity contribution in [3.8, 4) is 0 Å². The zero-order chi connectivity index (χ0) is 14.8. The molecule has 2 aromatic rings. The molecule has 0 saturated carbocycles. The minimum Gasteiger partial charge on any atom is -0.305 e. The maximum atomic E-state index is 12.0. The molecule has 1 aliphatic heterocycles. The van der Waals surface area contributed by atoms with Crippen molar-refractivity contribution in [3.63, 3.8) is 0 Å². The van der Waals surface area contributed by atoms with Crippen molar-refractivity contribution in [1.82, 2.24) is 5.32 Å². The molecule has 4 heteroatoms. The molecule has 0 aromatic heterocycles. The van der Waals surface area contributed by atoms with Gasteiger partial charge in [0.25, 0.3) is 5.91 Å². The van der Waals surface area contributed by atoms with Gasteiger partial charge in [0.2, 0.25) is 0 Å². The largest absolute Gasteiger partial charge is 0.305 e. The van der Waals surface area contributed by atoms with E-state index in [2.05, 4.69) is 10.3 Å². The number of carbonyl (C=O) groups excluding carboxylic acids is 1. The van der Waals surface area contributed by atoms with Crippen molar-refractivity contribution in [1.29, 1.82) is 0 Å². The van der Waals surface area contributed by atoms with Crippen LogP contribution in [0.1, 0.15) is 16.7 Å². The zero-order valence-corrected chi connectivity index (χ0v) is 12.2. The normalized spacial score (nSPS) is 16.0. The van der Waals surface area contributed by atoms with Crippen molar-refractivity contribution >= 4 is 29.4 Å². The molecule has 0 fully saturated rings. The van der Waals surface area contributed by atoms with Crippen LogP contribution in [0.4, 0.5) is 0 Å². The van der Waals surface area contributed by atoms with Crippen LogP contribution in [0.15, 0.2) is 59.2 Å². The molecule has 1 heterocycles. The SMILES string of the molecule is Cc1cccc(C2=N/C(=C/c3cccc(Cl)c3)C(=O)N2)c1. The summed E-state index contributed by atoms with van der Waals surface area (Å²) < 4.78 is 0. The van der Waals surface area contributed by atoms with Gasteiger partial charge in [-0.2, -0.15) is 0 Å². The number of benzene rings is 2. The van der Waals surface area contributed by atoms with E-state index in [-0.39, 0.29) is 5.91 Å². The van der Waals surface area contributed by atoms with E-state index in [1.165, 1.54) is 0 Å². The average Bonchev–Trinajstić information content (AvgIpc) is 2.80. The number of halogens is 1. The van der Waals surface area contributed by atoms with E-state index in [0.29, 0.717) is 16.6 Å². The van der Waals surface area contributed by atoms with Crippen LogP contribution in [0.5, 0.6) is 0 Å². The fraction of sp³-hybridized carbons (Fsp3) is 0.0588. The van der Waals surface area contributed by atoms with Gasteiger partial charge < -0.3 is 5.32 Å². The third-order valence-corrected chi connectivity index (χ3v) is 3.38. The van der Waals surface area contributed by atoms with Gasteiger partial charge >= 0.3 is 0 Å². The Hall–Kier alpha value is -2.39. The second kappa shape index (κ2) is 5.54. The molecule has 0 aliphatic carbocycles. The molecule has 21 heavy (non-hydrogen) atoms. The summed E-state index contributed by atoms with van der Waals surface area (Å²) in [4.78, 5) is 16.4. The first kappa shape index (κ1) is 13.6. The second-order valence-electron chi connectivity index (χ2n) is 4.87. The van der Waals surface area contributed by atoms with E-state index in [0.717, 1.165) is 16.7 Å². The first-order valence-corrected chi connectivity index (χ1v) is 6.94. The number of nitrogens with zero attached hydrogens (tertiary/aromatic N) is 1. The molecule has 0 atom stereocenters. The number of amidine groups is 1. The first-order chi connectivity index (χ1) is 10.1. The van der Waals surface area contributed by atoms with Crippen molar-refractivity contribution in [3.05, 3.63) is 75.9 Å². The van der Waals surface area contributed by atoms with Crippen LogP contribution in [0.3, 0.4) is 0 Å². The predicted octanol–water partition coefficient (Wildman–Crippen LogP) is 3.57. The van der Waals surface area contributed by atoms with E-state index in [1.54, 1.807) is 18.2 Å². The van der Waals surface area contributed by atoms with Crippen LogP contribution < -0.4 is 5.32 Å². The Morgan fingerprint density at radius 3 is 2.71 bits per heavy atom. The lowest BCUT2D eigenvalue weighted by Gasteiger charge is -2.00. The minimum atomic E-state index is -0.202. The first-order valence-electron chi connectivity index (χ1n) is 6.56. The Morgan fingerprint density at radius 1 is 1.14 bits per heavy atom. The molecule has 1 N–H and O–H groups in total. The molecule has 3 nitrogen and oxygen atoms in total. The van der Waals surface area contributed by atoms with Gasteiger partial charge in [0.05, 0.1) is 0 Å². The Bertz CT molecular complexity index is 778. The number of amides is 1. The summed E-state index contributed by atoms with van der Waals surface area (Å²) >= 11 is 5.94. The summed E-state index contributed by atoms with van der Waals surface area (Å²) in [6.07, 6.45) is 1.73. The third kappa shape index (κ3) is 3.03. The highest BCUT2D eigenvalue weighted by Gasteiger charge is 2.20. The Labute approximate surface area is 128 Å². The van der Waals surface area contributed by atoms with E-state index < -0.39 is 0 Å². The van der Waals surface area contributed by atoms with Crippen LogP contribution in [0, 0.1) is 6.92 Å². The number of aryl methyl sites for hydroxylation is 1. The summed E-state index contributed by atoms with van der Waals surface area (Å²) in [7, 11) is 0. The summed E-state index contributed by atoms with van der Waals surface area (Å²) in [5.41, 5.74) is 3.25. The molecule has 2 aromatic carbocycles. The lowest BCUT2D eigenvalue weighted by Crippen LogP contribution is -2.24. The van der Waals surface area contributed by atoms with Crippen LogP contribution in [0.25, 0.3) is 6.08 Å². The molecule has 0 spiro atoms. The molecular weight excluding hydrogens is 284 g/mol. The number of aliphatic imine (C=N–C) groups is 1. The lowest BCUT2D eigenvalue weighted by molar-refractivity contribution is -0.115. The van der Waals surface area contributed by atoms with Gasteiger partial charge in [-0.05, 0) is 36.8 Å². The van der Waals surface area contributed by atoms with E-state index in [9.17, 15) is 4.79 Å². The summed E-state index contributed by atoms with van der Waals surface area (Å²) in [6, 6.07) is 15.2. The van der Waals surface area contributed by atoms with E-state index >= 15 is 0 Å². The zero-order valence-electron chi connectivity index (χ0n) is 11.4. The minimum absolute atomic E-state index is 0.202. The maximum Gasteiger partial charge on any atom is 0.275 e. The van der Waals surface area contributed by atoms with Gasteiger partial charge in [0, 0.05) is 10.6 Å². The van der Waals surface area contributed by atoms with Gasteiger partial charge in [-0.3, -0.25) is 4.79 Å². The molecule has 3 rings (SSSR count). The van der Waals surface area contributed by atoms with Gasteiger partial charge in [-0.1, -0.05) is 47.5 Å². The average molecular weight is 297 g/mol. The van der Waals surface area contributed by atoms with Crippen molar-refractivity contribution in [2.45, 2.75) is 6.92 Å². The lowest BCUT2D eigenvalue weighted by atomic mass is 10.1. The third-order valence-electron chi connectivity index (χ3n) is 3.14. The fourth-order valence-electron chi connectivity index (χ4n) is 2.15. The number of carbonyl (C=O) groups is 1. The molecule has 104 valence electrons. The highest BCUT2D eigenvalue weighted by molar-refractivity contribution is 6.30. The quantitative estimate of drug-likeness (QED) is 0.846. The number of nitrogens with one attached hydrogen (secondary N) is 1. The molecule has 1 amide bonds. The van der Waals surface area contributed by atoms with Crippen LogP contribution in [-0.4, -0.2) is 11.7 Å². The topological polar surface area (TPSA) is 41.5 Å². The number of hydrogen-bond acceptors (Lipinski definition) is 2. The summed E-state index contributed by atoms with van der Waals surface area (Å²) in [5.74, 6) is 0.378. The number of hydrogen-bond donors (Lipinski definition) is 1. The summed E-state index contributed by atoms with van der Waals surface area (Å²) in [5, 5.41) is 3.42. The molecular formula is C17H13ClN2O. The monoisotopic (exact) mass is 296 g/mol. The Morgan fingerprint density at radius 2 is 1.95 bits per heavy atom. The van der Waals surface area contributed by atoms with Crippen molar-refractivity contribution in [2.24, 2.45) is 4.99 Å². The van der Waals surface area contributed by atoms with E-state index in [1.807, 2.05) is 43.3 Å². The molecule has 0 unspecified atom stereocenters. The molecule has 0 radical (unpaired) electrons. The Kier molecular flexibility index (Phi) is 3.59. The standard InChI is InChI=1S/C17H13ClN2O/c1-11-4-2-6-13(8-11)16-19-15(17(21)20-16)10-12-5-3-7-14(18)9-12/h2-10H,1H3,(H,19,20,21)/b15-10+. The van der Waals surface area contributed by atoms with Crippen LogP contribution in [-0.2, 0) is 4.79 Å². The fourth-order valence-corrected chi connectivity index (χ4v) is 2.35. The highest BCUT2D eigenvalue weighted by Crippen LogP contribution is 2.18.